The molecule has 0 amide bonds. The number of aryl methyl sites for hydroxylation is 1. The Morgan fingerprint density at radius 2 is 1.92 bits per heavy atom. The van der Waals surface area contributed by atoms with Gasteiger partial charge in [0.2, 0.25) is 0 Å². The Balaban J connectivity index is 1.14. The molecule has 1 aliphatic rings. The van der Waals surface area contributed by atoms with Crippen molar-refractivity contribution in [1.82, 2.24) is 24.5 Å². The highest BCUT2D eigenvalue weighted by Crippen LogP contribution is 2.47. The Morgan fingerprint density at radius 3 is 2.74 bits per heavy atom. The first kappa shape index (κ1) is 24.9. The van der Waals surface area contributed by atoms with Gasteiger partial charge >= 0.3 is 0 Å². The third-order valence-corrected chi connectivity index (χ3v) is 8.17. The standard InChI is InChI=1S/C27H24F2N6OS2/c1-33-26-20(15-31-33)8-5-9-24(26)35(38-29)37-23-16-32-34(17-23)25-12-21(10-11-30-25)27(28)13-22(14-27)36-18-19-6-3-2-4-7-19/h2-12,15-17,22H,13-14,18H2,1H3. The molecule has 38 heavy (non-hydrogen) atoms. The second-order valence-electron chi connectivity index (χ2n) is 9.22. The van der Waals surface area contributed by atoms with Crippen molar-refractivity contribution in [3.63, 3.8) is 0 Å². The summed E-state index contributed by atoms with van der Waals surface area (Å²) in [7, 11) is 1.83. The molecule has 0 bridgehead atoms. The van der Waals surface area contributed by atoms with Gasteiger partial charge in [0.15, 0.2) is 18.2 Å². The number of halogens is 2. The van der Waals surface area contributed by atoms with Crippen LogP contribution in [0.2, 0.25) is 0 Å². The molecule has 11 heteroatoms. The van der Waals surface area contributed by atoms with Crippen LogP contribution in [0, 0.1) is 0 Å². The number of benzene rings is 2. The lowest BCUT2D eigenvalue weighted by Gasteiger charge is -2.41. The van der Waals surface area contributed by atoms with Crippen LogP contribution in [0.25, 0.3) is 16.7 Å². The molecule has 1 fully saturated rings. The Labute approximate surface area is 227 Å². The summed E-state index contributed by atoms with van der Waals surface area (Å²) in [6.45, 7) is 0.472. The minimum Gasteiger partial charge on any atom is -0.373 e. The molecule has 3 aromatic heterocycles. The van der Waals surface area contributed by atoms with Gasteiger partial charge in [-0.1, -0.05) is 42.5 Å². The first-order valence-corrected chi connectivity index (χ1v) is 13.5. The summed E-state index contributed by atoms with van der Waals surface area (Å²) in [5.74, 6) is 0.494. The van der Waals surface area contributed by atoms with Crippen molar-refractivity contribution in [2.24, 2.45) is 7.05 Å². The predicted octanol–water partition coefficient (Wildman–Crippen LogP) is 6.74. The number of alkyl halides is 1. The van der Waals surface area contributed by atoms with E-state index in [4.69, 9.17) is 4.74 Å². The third-order valence-electron chi connectivity index (χ3n) is 6.67. The fourth-order valence-electron chi connectivity index (χ4n) is 4.66. The lowest BCUT2D eigenvalue weighted by Crippen LogP contribution is -2.42. The topological polar surface area (TPSA) is 61.0 Å². The number of pyridine rings is 1. The van der Waals surface area contributed by atoms with Gasteiger partial charge < -0.3 is 4.74 Å². The maximum atomic E-state index is 15.7. The summed E-state index contributed by atoms with van der Waals surface area (Å²) in [5, 5.41) is 9.59. The molecule has 6 rings (SSSR count). The van der Waals surface area contributed by atoms with Gasteiger partial charge in [-0.25, -0.2) is 17.8 Å². The number of fused-ring (bicyclic) bond motifs is 1. The highest BCUT2D eigenvalue weighted by atomic mass is 32.2. The molecule has 194 valence electrons. The van der Waals surface area contributed by atoms with Crippen LogP contribution >= 0.6 is 24.3 Å². The van der Waals surface area contributed by atoms with E-state index in [1.54, 1.807) is 46.3 Å². The minimum atomic E-state index is -1.47. The Bertz CT molecular complexity index is 1550. The van der Waals surface area contributed by atoms with Gasteiger partial charge in [0, 0.05) is 49.6 Å². The summed E-state index contributed by atoms with van der Waals surface area (Å²) >= 11 is 1.30. The van der Waals surface area contributed by atoms with Crippen LogP contribution in [0.15, 0.2) is 90.3 Å². The highest BCUT2D eigenvalue weighted by molar-refractivity contribution is 8.16. The number of para-hydroxylation sites is 1. The second-order valence-corrected chi connectivity index (χ2v) is 11.0. The number of rotatable bonds is 9. The molecule has 1 aliphatic carbocycles. The molecule has 7 nitrogen and oxygen atoms in total. The molecular formula is C27H24F2N6OS2. The second kappa shape index (κ2) is 10.4. The maximum absolute atomic E-state index is 15.7. The number of anilines is 1. The van der Waals surface area contributed by atoms with Crippen molar-refractivity contribution < 1.29 is 13.0 Å². The van der Waals surface area contributed by atoms with E-state index in [1.165, 1.54) is 15.7 Å². The fraction of sp³-hybridized carbons (Fsp3) is 0.222. The van der Waals surface area contributed by atoms with E-state index in [1.807, 2.05) is 55.6 Å². The van der Waals surface area contributed by atoms with Crippen LogP contribution < -0.4 is 3.71 Å². The van der Waals surface area contributed by atoms with E-state index in [0.717, 1.165) is 16.5 Å². The largest absolute Gasteiger partial charge is 0.373 e. The van der Waals surface area contributed by atoms with Crippen LogP contribution in [0.5, 0.6) is 0 Å². The van der Waals surface area contributed by atoms with Gasteiger partial charge in [0.25, 0.3) is 0 Å². The summed E-state index contributed by atoms with van der Waals surface area (Å²) in [6.07, 6.45) is 7.19. The van der Waals surface area contributed by atoms with E-state index < -0.39 is 5.67 Å². The van der Waals surface area contributed by atoms with Crippen molar-refractivity contribution in [3.8, 4) is 5.82 Å². The zero-order valence-electron chi connectivity index (χ0n) is 20.4. The monoisotopic (exact) mass is 550 g/mol. The minimum absolute atomic E-state index is 0.110. The number of ether oxygens (including phenoxy) is 1. The first-order chi connectivity index (χ1) is 18.5. The van der Waals surface area contributed by atoms with E-state index in [-0.39, 0.29) is 18.4 Å². The van der Waals surface area contributed by atoms with Crippen LogP contribution in [-0.4, -0.2) is 30.6 Å². The van der Waals surface area contributed by atoms with Crippen LogP contribution in [0.1, 0.15) is 24.0 Å². The van der Waals surface area contributed by atoms with Gasteiger partial charge in [0.05, 0.1) is 41.2 Å². The van der Waals surface area contributed by atoms with E-state index in [0.29, 0.717) is 41.4 Å². The molecule has 0 unspecified atom stereocenters. The van der Waals surface area contributed by atoms with E-state index in [9.17, 15) is 3.89 Å². The average Bonchev–Trinajstić information content (AvgIpc) is 3.56. The lowest BCUT2D eigenvalue weighted by atomic mass is 9.74. The van der Waals surface area contributed by atoms with Crippen molar-refractivity contribution in [2.45, 2.75) is 36.1 Å². The van der Waals surface area contributed by atoms with E-state index in [2.05, 4.69) is 15.2 Å². The van der Waals surface area contributed by atoms with Crippen molar-refractivity contribution in [2.75, 3.05) is 3.71 Å². The molecule has 0 aliphatic heterocycles. The maximum Gasteiger partial charge on any atom is 0.176 e. The Kier molecular flexibility index (Phi) is 6.81. The molecule has 2 aromatic carbocycles. The summed E-state index contributed by atoms with van der Waals surface area (Å²) in [4.78, 5) is 5.08. The van der Waals surface area contributed by atoms with Crippen LogP contribution in [0.4, 0.5) is 14.0 Å². The molecule has 0 spiro atoms. The molecule has 1 saturated carbocycles. The fourth-order valence-corrected chi connectivity index (χ4v) is 5.93. The molecule has 0 atom stereocenters. The lowest BCUT2D eigenvalue weighted by molar-refractivity contribution is -0.107. The summed E-state index contributed by atoms with van der Waals surface area (Å²) < 4.78 is 40.3. The van der Waals surface area contributed by atoms with Gasteiger partial charge in [-0.15, -0.1) is 3.89 Å². The average molecular weight is 551 g/mol. The third kappa shape index (κ3) is 4.89. The molecule has 3 heterocycles. The Morgan fingerprint density at radius 1 is 1.08 bits per heavy atom. The van der Waals surface area contributed by atoms with Gasteiger partial charge in [-0.05, 0) is 29.3 Å². The first-order valence-electron chi connectivity index (χ1n) is 12.1. The zero-order chi connectivity index (χ0) is 26.1. The Hall–Kier alpha value is -3.41. The summed E-state index contributed by atoms with van der Waals surface area (Å²) in [6, 6.07) is 18.9. The summed E-state index contributed by atoms with van der Waals surface area (Å²) in [5.41, 5.74) is 1.67. The van der Waals surface area contributed by atoms with Crippen LogP contribution in [0.3, 0.4) is 0 Å². The zero-order valence-corrected chi connectivity index (χ0v) is 22.1. The smallest absolute Gasteiger partial charge is 0.176 e. The number of hydrogen-bond acceptors (Lipinski definition) is 7. The van der Waals surface area contributed by atoms with Gasteiger partial charge in [-0.3, -0.25) is 4.68 Å². The molecule has 0 radical (unpaired) electrons. The molecule has 0 saturated heterocycles. The quantitative estimate of drug-likeness (QED) is 0.188. The predicted molar refractivity (Wildman–Crippen MR) is 146 cm³/mol. The number of hydrogen-bond donors (Lipinski definition) is 0. The number of aromatic nitrogens is 5. The van der Waals surface area contributed by atoms with Gasteiger partial charge in [-0.2, -0.15) is 10.2 Å². The molecular weight excluding hydrogens is 526 g/mol. The SMILES string of the molecule is Cn1ncc2cccc(N(SF)Sc3cnn(-c4cc(C5(F)CC(OCc6ccccc6)C5)ccn4)c3)c21. The van der Waals surface area contributed by atoms with Crippen LogP contribution in [-0.2, 0) is 24.1 Å². The van der Waals surface area contributed by atoms with Crippen molar-refractivity contribution >= 4 is 40.9 Å². The van der Waals surface area contributed by atoms with Crippen molar-refractivity contribution in [1.29, 1.82) is 0 Å². The normalized spacial score (nSPS) is 19.0. The molecule has 0 N–H and O–H groups in total. The molecule has 5 aromatic rings. The van der Waals surface area contributed by atoms with Gasteiger partial charge in [0.1, 0.15) is 5.67 Å². The number of nitrogens with zero attached hydrogens (tertiary/aromatic N) is 6. The van der Waals surface area contributed by atoms with E-state index >= 15 is 4.39 Å². The van der Waals surface area contributed by atoms with Crippen molar-refractivity contribution in [3.05, 3.63) is 96.6 Å². The highest BCUT2D eigenvalue weighted by Gasteiger charge is 2.47.